The number of hydrogen-bond acceptors (Lipinski definition) is 4. The minimum Gasteiger partial charge on any atom is -0.507 e. The van der Waals surface area contributed by atoms with Crippen LogP contribution in [0, 0.1) is 0 Å². The van der Waals surface area contributed by atoms with Crippen molar-refractivity contribution in [2.75, 3.05) is 7.11 Å². The average Bonchev–Trinajstić information content (AvgIpc) is 2.53. The van der Waals surface area contributed by atoms with E-state index in [0.29, 0.717) is 32.9 Å². The second-order valence-corrected chi connectivity index (χ2v) is 5.34. The predicted molar refractivity (Wildman–Crippen MR) is 87.4 cm³/mol. The smallest absolute Gasteiger partial charge is 0.336 e. The van der Waals surface area contributed by atoms with Gasteiger partial charge >= 0.3 is 5.97 Å². The van der Waals surface area contributed by atoms with E-state index in [1.54, 1.807) is 30.3 Å². The number of nitrogens with zero attached hydrogens (tertiary/aromatic N) is 1. The van der Waals surface area contributed by atoms with Crippen molar-refractivity contribution < 1.29 is 19.7 Å². The molecule has 1 aromatic heterocycles. The van der Waals surface area contributed by atoms with E-state index >= 15 is 0 Å². The van der Waals surface area contributed by atoms with Gasteiger partial charge in [0, 0.05) is 22.0 Å². The Morgan fingerprint density at radius 2 is 1.96 bits per heavy atom. The van der Waals surface area contributed by atoms with Gasteiger partial charge in [0.25, 0.3) is 0 Å². The van der Waals surface area contributed by atoms with E-state index in [1.165, 1.54) is 19.2 Å². The van der Waals surface area contributed by atoms with Crippen molar-refractivity contribution in [1.29, 1.82) is 0 Å². The molecule has 1 heterocycles. The Balaban J connectivity index is 2.27. The van der Waals surface area contributed by atoms with Crippen LogP contribution in [0.4, 0.5) is 0 Å². The Labute approximate surface area is 136 Å². The normalized spacial score (nSPS) is 10.7. The fourth-order valence-corrected chi connectivity index (χ4v) is 2.54. The predicted octanol–water partition coefficient (Wildman–Crippen LogP) is 3.97. The molecule has 5 nitrogen and oxygen atoms in total. The van der Waals surface area contributed by atoms with Crippen molar-refractivity contribution in [2.24, 2.45) is 0 Å². The molecule has 0 bridgehead atoms. The molecule has 3 aromatic rings. The van der Waals surface area contributed by atoms with Crippen LogP contribution in [0.1, 0.15) is 10.4 Å². The number of rotatable bonds is 3. The van der Waals surface area contributed by atoms with E-state index < -0.39 is 5.97 Å². The first-order valence-corrected chi connectivity index (χ1v) is 7.08. The molecule has 6 heteroatoms. The van der Waals surface area contributed by atoms with Gasteiger partial charge in [0.2, 0.25) is 0 Å². The highest BCUT2D eigenvalue weighted by Crippen LogP contribution is 2.34. The Morgan fingerprint density at radius 1 is 1.17 bits per heavy atom. The maximum Gasteiger partial charge on any atom is 0.336 e. The van der Waals surface area contributed by atoms with Gasteiger partial charge in [-0.2, -0.15) is 0 Å². The monoisotopic (exact) mass is 329 g/mol. The number of pyridine rings is 1. The summed E-state index contributed by atoms with van der Waals surface area (Å²) in [5.41, 5.74) is 1.34. The second kappa shape index (κ2) is 5.78. The van der Waals surface area contributed by atoms with Crippen molar-refractivity contribution >= 4 is 28.5 Å². The molecule has 2 N–H and O–H groups in total. The van der Waals surface area contributed by atoms with Crippen molar-refractivity contribution in [1.82, 2.24) is 4.98 Å². The molecule has 0 spiro atoms. The molecule has 0 saturated carbocycles. The zero-order valence-corrected chi connectivity index (χ0v) is 12.8. The van der Waals surface area contributed by atoms with Gasteiger partial charge in [0.1, 0.15) is 11.5 Å². The van der Waals surface area contributed by atoms with Gasteiger partial charge in [-0.25, -0.2) is 9.78 Å². The fourth-order valence-electron chi connectivity index (χ4n) is 2.37. The molecule has 0 amide bonds. The van der Waals surface area contributed by atoms with Crippen molar-refractivity contribution in [3.8, 4) is 22.8 Å². The van der Waals surface area contributed by atoms with E-state index in [0.717, 1.165) is 0 Å². The number of phenolic OH excluding ortho intramolecular Hbond substituents is 1. The number of carbonyl (C=O) groups is 1. The molecule has 0 fully saturated rings. The lowest BCUT2D eigenvalue weighted by molar-refractivity contribution is 0.0699. The van der Waals surface area contributed by atoms with E-state index in [2.05, 4.69) is 4.98 Å². The lowest BCUT2D eigenvalue weighted by Gasteiger charge is -2.10. The van der Waals surface area contributed by atoms with Gasteiger partial charge in [-0.05, 0) is 36.4 Å². The molecule has 0 unspecified atom stereocenters. The first-order chi connectivity index (χ1) is 11.0. The number of benzene rings is 2. The molecule has 0 aliphatic rings. The third kappa shape index (κ3) is 2.78. The maximum atomic E-state index is 11.5. The number of phenols is 1. The minimum atomic E-state index is -1.09. The Bertz CT molecular complexity index is 924. The quantitative estimate of drug-likeness (QED) is 0.760. The number of fused-ring (bicyclic) bond motifs is 1. The number of ether oxygens (including phenoxy) is 1. The molecule has 116 valence electrons. The third-order valence-electron chi connectivity index (χ3n) is 3.48. The average molecular weight is 330 g/mol. The minimum absolute atomic E-state index is 0.0403. The van der Waals surface area contributed by atoms with Crippen molar-refractivity contribution in [3.05, 3.63) is 53.1 Å². The molecule has 0 radical (unpaired) electrons. The third-order valence-corrected chi connectivity index (χ3v) is 3.72. The molecule has 3 rings (SSSR count). The van der Waals surface area contributed by atoms with Gasteiger partial charge in [0.15, 0.2) is 0 Å². The molecule has 0 aliphatic heterocycles. The molecule has 0 saturated heterocycles. The molecule has 23 heavy (non-hydrogen) atoms. The van der Waals surface area contributed by atoms with Gasteiger partial charge in [-0.1, -0.05) is 11.6 Å². The molecular weight excluding hydrogens is 318 g/mol. The number of carboxylic acids is 1. The second-order valence-electron chi connectivity index (χ2n) is 4.90. The summed E-state index contributed by atoms with van der Waals surface area (Å²) in [6.45, 7) is 0. The van der Waals surface area contributed by atoms with Crippen molar-refractivity contribution in [3.63, 3.8) is 0 Å². The zero-order valence-electron chi connectivity index (χ0n) is 12.1. The summed E-state index contributed by atoms with van der Waals surface area (Å²) in [6.07, 6.45) is 0. The van der Waals surface area contributed by atoms with Gasteiger partial charge < -0.3 is 14.9 Å². The first-order valence-electron chi connectivity index (χ1n) is 6.70. The van der Waals surface area contributed by atoms with Crippen molar-refractivity contribution in [2.45, 2.75) is 0 Å². The van der Waals surface area contributed by atoms with Gasteiger partial charge in [0.05, 0.1) is 23.9 Å². The fraction of sp³-hybridized carbons (Fsp3) is 0.0588. The number of aromatic hydroxyl groups is 1. The van der Waals surface area contributed by atoms with Crippen LogP contribution in [0.2, 0.25) is 5.02 Å². The maximum absolute atomic E-state index is 11.5. The summed E-state index contributed by atoms with van der Waals surface area (Å²) in [7, 11) is 1.50. The first kappa shape index (κ1) is 15.1. The molecule has 0 atom stereocenters. The largest absolute Gasteiger partial charge is 0.507 e. The summed E-state index contributed by atoms with van der Waals surface area (Å²) >= 11 is 5.94. The van der Waals surface area contributed by atoms with E-state index in [1.807, 2.05) is 0 Å². The summed E-state index contributed by atoms with van der Waals surface area (Å²) < 4.78 is 5.04. The number of carboxylic acid groups (broad SMARTS) is 1. The zero-order chi connectivity index (χ0) is 16.6. The van der Waals surface area contributed by atoms with Crippen LogP contribution in [0.15, 0.2) is 42.5 Å². The lowest BCUT2D eigenvalue weighted by atomic mass is 10.0. The highest BCUT2D eigenvalue weighted by Gasteiger charge is 2.15. The highest BCUT2D eigenvalue weighted by molar-refractivity contribution is 6.31. The van der Waals surface area contributed by atoms with Crippen LogP contribution >= 0.6 is 11.6 Å². The SMILES string of the molecule is COc1ccc(-c2cc(C(=O)O)c3cc(Cl)ccc3n2)c(O)c1. The van der Waals surface area contributed by atoms with Crippen LogP contribution in [0.5, 0.6) is 11.5 Å². The van der Waals surface area contributed by atoms with E-state index in [-0.39, 0.29) is 11.3 Å². The number of aromatic carboxylic acids is 1. The van der Waals surface area contributed by atoms with Gasteiger partial charge in [-0.3, -0.25) is 0 Å². The lowest BCUT2D eigenvalue weighted by Crippen LogP contribution is -2.00. The van der Waals surface area contributed by atoms with Gasteiger partial charge in [-0.15, -0.1) is 0 Å². The van der Waals surface area contributed by atoms with Crippen LogP contribution < -0.4 is 4.74 Å². The topological polar surface area (TPSA) is 79.7 Å². The summed E-state index contributed by atoms with van der Waals surface area (Å²) in [6, 6.07) is 11.0. The standard InChI is InChI=1S/C17H12ClNO4/c1-23-10-3-4-11(16(20)7-10)15-8-13(17(21)22)12-6-9(18)2-5-14(12)19-15/h2-8,20H,1H3,(H,21,22). The Hall–Kier alpha value is -2.79. The number of methoxy groups -OCH3 is 1. The summed E-state index contributed by atoms with van der Waals surface area (Å²) in [5, 5.41) is 20.5. The summed E-state index contributed by atoms with van der Waals surface area (Å²) in [5.74, 6) is -0.632. The van der Waals surface area contributed by atoms with E-state index in [4.69, 9.17) is 16.3 Å². The Kier molecular flexibility index (Phi) is 3.80. The van der Waals surface area contributed by atoms with Crippen LogP contribution in [-0.2, 0) is 0 Å². The number of halogens is 1. The van der Waals surface area contributed by atoms with Crippen LogP contribution in [0.25, 0.3) is 22.2 Å². The molecule has 0 aliphatic carbocycles. The van der Waals surface area contributed by atoms with Crippen LogP contribution in [0.3, 0.4) is 0 Å². The number of hydrogen-bond donors (Lipinski definition) is 2. The molecule has 2 aromatic carbocycles. The highest BCUT2D eigenvalue weighted by atomic mass is 35.5. The van der Waals surface area contributed by atoms with Crippen LogP contribution in [-0.4, -0.2) is 28.3 Å². The number of aromatic nitrogens is 1. The summed E-state index contributed by atoms with van der Waals surface area (Å²) in [4.78, 5) is 16.0. The molecular formula is C17H12ClNO4. The Morgan fingerprint density at radius 3 is 2.61 bits per heavy atom. The van der Waals surface area contributed by atoms with E-state index in [9.17, 15) is 15.0 Å².